The van der Waals surface area contributed by atoms with Crippen molar-refractivity contribution in [1.82, 2.24) is 10.2 Å². The van der Waals surface area contributed by atoms with Gasteiger partial charge in [0.2, 0.25) is 5.91 Å². The van der Waals surface area contributed by atoms with E-state index < -0.39 is 0 Å². The second-order valence-electron chi connectivity index (χ2n) is 7.06. The number of nitrogens with zero attached hydrogens (tertiary/aromatic N) is 1. The summed E-state index contributed by atoms with van der Waals surface area (Å²) in [7, 11) is 0. The second kappa shape index (κ2) is 5.82. The van der Waals surface area contributed by atoms with Crippen LogP contribution in [0.1, 0.15) is 58.3 Å². The van der Waals surface area contributed by atoms with Gasteiger partial charge in [-0.1, -0.05) is 19.8 Å². The van der Waals surface area contributed by atoms with Crippen LogP contribution in [0.15, 0.2) is 0 Å². The van der Waals surface area contributed by atoms with E-state index in [4.69, 9.17) is 0 Å². The molecule has 0 bridgehead atoms. The van der Waals surface area contributed by atoms with Crippen LogP contribution in [0.4, 0.5) is 0 Å². The molecule has 1 amide bonds. The van der Waals surface area contributed by atoms with Gasteiger partial charge in [-0.05, 0) is 50.4 Å². The maximum Gasteiger partial charge on any atom is 0.239 e. The molecular weight excluding hydrogens is 236 g/mol. The van der Waals surface area contributed by atoms with Gasteiger partial charge in [-0.25, -0.2) is 0 Å². The topological polar surface area (TPSA) is 32.3 Å². The van der Waals surface area contributed by atoms with Crippen LogP contribution in [0.5, 0.6) is 0 Å². The van der Waals surface area contributed by atoms with E-state index in [0.29, 0.717) is 11.9 Å². The van der Waals surface area contributed by atoms with Gasteiger partial charge in [0.15, 0.2) is 0 Å². The Morgan fingerprint density at radius 2 is 2.00 bits per heavy atom. The molecule has 0 radical (unpaired) electrons. The molecule has 3 aliphatic rings. The fourth-order valence-electron chi connectivity index (χ4n) is 3.85. The Hall–Kier alpha value is -0.570. The summed E-state index contributed by atoms with van der Waals surface area (Å²) in [6.45, 7) is 4.38. The molecule has 108 valence electrons. The summed E-state index contributed by atoms with van der Waals surface area (Å²) < 4.78 is 0. The van der Waals surface area contributed by atoms with Gasteiger partial charge in [-0.2, -0.15) is 0 Å². The average Bonchev–Trinajstić information content (AvgIpc) is 3.18. The number of carbonyl (C=O) groups excluding carboxylic acids is 1. The van der Waals surface area contributed by atoms with Crippen molar-refractivity contribution in [2.24, 2.45) is 11.8 Å². The Morgan fingerprint density at radius 1 is 1.16 bits per heavy atom. The summed E-state index contributed by atoms with van der Waals surface area (Å²) in [6.07, 6.45) is 10.2. The third kappa shape index (κ3) is 3.50. The molecule has 1 saturated heterocycles. The summed E-state index contributed by atoms with van der Waals surface area (Å²) >= 11 is 0. The largest absolute Gasteiger partial charge is 0.341 e. The molecule has 1 aliphatic heterocycles. The van der Waals surface area contributed by atoms with Crippen molar-refractivity contribution < 1.29 is 4.79 Å². The van der Waals surface area contributed by atoms with E-state index in [-0.39, 0.29) is 6.04 Å². The SMILES string of the molecule is CC1CCCC(CN2CCCC(NC3CC3)C2=O)C1. The van der Waals surface area contributed by atoms with E-state index in [2.05, 4.69) is 17.1 Å². The first-order chi connectivity index (χ1) is 9.22. The van der Waals surface area contributed by atoms with Crippen LogP contribution in [0.25, 0.3) is 0 Å². The molecule has 0 aromatic rings. The van der Waals surface area contributed by atoms with Crippen molar-refractivity contribution in [3.05, 3.63) is 0 Å². The first kappa shape index (κ1) is 13.4. The van der Waals surface area contributed by atoms with Crippen LogP contribution in [-0.2, 0) is 4.79 Å². The molecule has 3 atom stereocenters. The molecule has 0 spiro atoms. The van der Waals surface area contributed by atoms with E-state index in [1.54, 1.807) is 0 Å². The molecule has 3 unspecified atom stereocenters. The molecule has 3 heteroatoms. The number of likely N-dealkylation sites (tertiary alicyclic amines) is 1. The zero-order valence-corrected chi connectivity index (χ0v) is 12.2. The summed E-state index contributed by atoms with van der Waals surface area (Å²) in [6, 6.07) is 0.769. The molecule has 3 nitrogen and oxygen atoms in total. The van der Waals surface area contributed by atoms with Crippen LogP contribution >= 0.6 is 0 Å². The van der Waals surface area contributed by atoms with Crippen LogP contribution in [0, 0.1) is 11.8 Å². The second-order valence-corrected chi connectivity index (χ2v) is 7.06. The highest BCUT2D eigenvalue weighted by molar-refractivity contribution is 5.82. The molecule has 0 aromatic heterocycles. The Bertz CT molecular complexity index is 327. The van der Waals surface area contributed by atoms with Gasteiger partial charge in [-0.15, -0.1) is 0 Å². The molecule has 1 heterocycles. The summed E-state index contributed by atoms with van der Waals surface area (Å²) in [5.41, 5.74) is 0. The number of nitrogens with one attached hydrogen (secondary N) is 1. The van der Waals surface area contributed by atoms with E-state index in [0.717, 1.165) is 31.3 Å². The van der Waals surface area contributed by atoms with Crippen molar-refractivity contribution in [2.75, 3.05) is 13.1 Å². The lowest BCUT2D eigenvalue weighted by atomic mass is 9.82. The fraction of sp³-hybridized carbons (Fsp3) is 0.938. The van der Waals surface area contributed by atoms with Gasteiger partial charge in [0.05, 0.1) is 6.04 Å². The van der Waals surface area contributed by atoms with Crippen LogP contribution in [-0.4, -0.2) is 36.0 Å². The highest BCUT2D eigenvalue weighted by Gasteiger charge is 2.34. The summed E-state index contributed by atoms with van der Waals surface area (Å²) in [5.74, 6) is 2.00. The molecule has 19 heavy (non-hydrogen) atoms. The number of piperidine rings is 1. The molecule has 0 aromatic carbocycles. The van der Waals surface area contributed by atoms with E-state index >= 15 is 0 Å². The minimum Gasteiger partial charge on any atom is -0.341 e. The maximum absolute atomic E-state index is 12.5. The van der Waals surface area contributed by atoms with Crippen molar-refractivity contribution >= 4 is 5.91 Å². The molecule has 3 rings (SSSR count). The molecule has 1 N–H and O–H groups in total. The molecule has 3 fully saturated rings. The maximum atomic E-state index is 12.5. The first-order valence-electron chi connectivity index (χ1n) is 8.27. The molecular formula is C16H28N2O. The minimum absolute atomic E-state index is 0.127. The van der Waals surface area contributed by atoms with Crippen molar-refractivity contribution in [2.45, 2.75) is 70.4 Å². The normalized spacial score (nSPS) is 36.6. The van der Waals surface area contributed by atoms with Crippen LogP contribution < -0.4 is 5.32 Å². The number of amides is 1. The number of hydrogen-bond acceptors (Lipinski definition) is 2. The number of carbonyl (C=O) groups is 1. The van der Waals surface area contributed by atoms with Crippen molar-refractivity contribution in [3.63, 3.8) is 0 Å². The molecule has 2 saturated carbocycles. The Labute approximate surface area is 117 Å². The standard InChI is InChI=1S/C16H28N2O/c1-12-4-2-5-13(10-12)11-18-9-3-6-15(16(18)19)17-14-7-8-14/h12-15,17H,2-11H2,1H3. The van der Waals surface area contributed by atoms with Gasteiger partial charge in [0.25, 0.3) is 0 Å². The smallest absolute Gasteiger partial charge is 0.239 e. The van der Waals surface area contributed by atoms with E-state index in [1.165, 1.54) is 44.9 Å². The van der Waals surface area contributed by atoms with E-state index in [9.17, 15) is 4.79 Å². The first-order valence-corrected chi connectivity index (χ1v) is 8.27. The van der Waals surface area contributed by atoms with Gasteiger partial charge in [0.1, 0.15) is 0 Å². The number of hydrogen-bond donors (Lipinski definition) is 1. The lowest BCUT2D eigenvalue weighted by Gasteiger charge is -2.37. The third-order valence-corrected chi connectivity index (χ3v) is 5.07. The Kier molecular flexibility index (Phi) is 4.11. The fourth-order valence-corrected chi connectivity index (χ4v) is 3.85. The van der Waals surface area contributed by atoms with Gasteiger partial charge >= 0.3 is 0 Å². The van der Waals surface area contributed by atoms with Crippen molar-refractivity contribution in [1.29, 1.82) is 0 Å². The van der Waals surface area contributed by atoms with Crippen LogP contribution in [0.2, 0.25) is 0 Å². The average molecular weight is 264 g/mol. The van der Waals surface area contributed by atoms with Crippen LogP contribution in [0.3, 0.4) is 0 Å². The van der Waals surface area contributed by atoms with Gasteiger partial charge in [-0.3, -0.25) is 4.79 Å². The van der Waals surface area contributed by atoms with Gasteiger partial charge < -0.3 is 10.2 Å². The predicted molar refractivity (Wildman–Crippen MR) is 76.9 cm³/mol. The lowest BCUT2D eigenvalue weighted by molar-refractivity contribution is -0.137. The summed E-state index contributed by atoms with van der Waals surface area (Å²) in [4.78, 5) is 14.7. The Balaban J connectivity index is 1.52. The predicted octanol–water partition coefficient (Wildman–Crippen LogP) is 2.56. The van der Waals surface area contributed by atoms with Crippen molar-refractivity contribution in [3.8, 4) is 0 Å². The molecule has 2 aliphatic carbocycles. The third-order valence-electron chi connectivity index (χ3n) is 5.07. The highest BCUT2D eigenvalue weighted by Crippen LogP contribution is 2.30. The Morgan fingerprint density at radius 3 is 2.74 bits per heavy atom. The number of rotatable bonds is 4. The van der Waals surface area contributed by atoms with Gasteiger partial charge in [0, 0.05) is 19.1 Å². The van der Waals surface area contributed by atoms with E-state index in [1.807, 2.05) is 0 Å². The zero-order valence-electron chi connectivity index (χ0n) is 12.2. The summed E-state index contributed by atoms with van der Waals surface area (Å²) in [5, 5.41) is 3.53. The lowest BCUT2D eigenvalue weighted by Crippen LogP contribution is -2.52. The minimum atomic E-state index is 0.127. The zero-order chi connectivity index (χ0) is 13.2. The monoisotopic (exact) mass is 264 g/mol. The highest BCUT2D eigenvalue weighted by atomic mass is 16.2. The quantitative estimate of drug-likeness (QED) is 0.846.